The number of nitrogens with zero attached hydrogens (tertiary/aromatic N) is 2. The number of rotatable bonds is 8. The predicted molar refractivity (Wildman–Crippen MR) is 68.8 cm³/mol. The Morgan fingerprint density at radius 2 is 1.81 bits per heavy atom. The number of hydrogen-bond acceptors (Lipinski definition) is 3. The van der Waals surface area contributed by atoms with Crippen LogP contribution in [0.3, 0.4) is 0 Å². The summed E-state index contributed by atoms with van der Waals surface area (Å²) in [5, 5.41) is 11.7. The molecule has 0 aromatic carbocycles. The van der Waals surface area contributed by atoms with Gasteiger partial charge in [-0.25, -0.2) is 0 Å². The maximum atomic E-state index is 8.65. The Bertz CT molecular complexity index is 210. The van der Waals surface area contributed by atoms with E-state index in [4.69, 9.17) is 10.9 Å². The summed E-state index contributed by atoms with van der Waals surface area (Å²) in [5.74, 6) is 0.329. The Hall–Kier alpha value is -0.770. The fraction of sp³-hybridized carbons (Fsp3) is 0.917. The summed E-state index contributed by atoms with van der Waals surface area (Å²) in [6, 6.07) is 0. The smallest absolute Gasteiger partial charge is 0.144 e. The molecular formula is C12H27N3O. The van der Waals surface area contributed by atoms with Crippen molar-refractivity contribution in [2.24, 2.45) is 16.3 Å². The van der Waals surface area contributed by atoms with Crippen molar-refractivity contribution in [2.45, 2.75) is 47.0 Å². The van der Waals surface area contributed by atoms with Gasteiger partial charge in [-0.1, -0.05) is 39.3 Å². The minimum atomic E-state index is -0.196. The predicted octanol–water partition coefficient (Wildman–Crippen LogP) is 2.27. The van der Waals surface area contributed by atoms with Crippen molar-refractivity contribution in [3.05, 3.63) is 0 Å². The van der Waals surface area contributed by atoms with Gasteiger partial charge in [0.25, 0.3) is 0 Å². The van der Waals surface area contributed by atoms with Crippen LogP contribution in [0.15, 0.2) is 5.16 Å². The van der Waals surface area contributed by atoms with Gasteiger partial charge in [-0.15, -0.1) is 0 Å². The zero-order chi connectivity index (χ0) is 12.6. The summed E-state index contributed by atoms with van der Waals surface area (Å²) >= 11 is 0. The molecule has 0 aliphatic heterocycles. The molecular weight excluding hydrogens is 202 g/mol. The molecule has 0 radical (unpaired) electrons. The van der Waals surface area contributed by atoms with E-state index in [0.717, 1.165) is 32.5 Å². The van der Waals surface area contributed by atoms with Crippen molar-refractivity contribution >= 4 is 5.84 Å². The van der Waals surface area contributed by atoms with Gasteiger partial charge in [0.2, 0.25) is 0 Å². The van der Waals surface area contributed by atoms with Crippen LogP contribution in [0.25, 0.3) is 0 Å². The molecule has 0 aromatic heterocycles. The van der Waals surface area contributed by atoms with Crippen LogP contribution in [0, 0.1) is 5.41 Å². The van der Waals surface area contributed by atoms with Crippen molar-refractivity contribution < 1.29 is 5.21 Å². The van der Waals surface area contributed by atoms with Crippen LogP contribution in [0.5, 0.6) is 0 Å². The van der Waals surface area contributed by atoms with Crippen LogP contribution in [-0.2, 0) is 0 Å². The molecule has 0 aliphatic rings. The van der Waals surface area contributed by atoms with Crippen LogP contribution < -0.4 is 5.73 Å². The maximum absolute atomic E-state index is 8.65. The van der Waals surface area contributed by atoms with Crippen molar-refractivity contribution in [1.29, 1.82) is 0 Å². The Morgan fingerprint density at radius 1 is 1.25 bits per heavy atom. The number of amidine groups is 1. The third kappa shape index (κ3) is 5.35. The zero-order valence-corrected chi connectivity index (χ0v) is 11.2. The lowest BCUT2D eigenvalue weighted by molar-refractivity contribution is 0.284. The molecule has 0 spiro atoms. The average Bonchev–Trinajstić information content (AvgIpc) is 2.28. The third-order valence-corrected chi connectivity index (χ3v) is 3.22. The average molecular weight is 229 g/mol. The lowest BCUT2D eigenvalue weighted by Gasteiger charge is -2.23. The number of hydrogen-bond donors (Lipinski definition) is 2. The van der Waals surface area contributed by atoms with Gasteiger partial charge in [-0.2, -0.15) is 0 Å². The number of unbranched alkanes of at least 4 members (excludes halogenated alkanes) is 1. The second-order valence-electron chi connectivity index (χ2n) is 4.85. The normalized spacial score (nSPS) is 13.4. The van der Waals surface area contributed by atoms with Crippen molar-refractivity contribution in [1.82, 2.24) is 4.90 Å². The molecule has 0 amide bonds. The summed E-state index contributed by atoms with van der Waals surface area (Å²) in [6.45, 7) is 11.8. The summed E-state index contributed by atoms with van der Waals surface area (Å²) < 4.78 is 0. The van der Waals surface area contributed by atoms with E-state index in [2.05, 4.69) is 23.9 Å². The topological polar surface area (TPSA) is 61.8 Å². The van der Waals surface area contributed by atoms with Gasteiger partial charge in [0, 0.05) is 5.41 Å². The first kappa shape index (κ1) is 15.2. The molecule has 0 saturated carbocycles. The molecule has 4 nitrogen and oxygen atoms in total. The fourth-order valence-electron chi connectivity index (χ4n) is 1.71. The molecule has 0 saturated heterocycles. The second kappa shape index (κ2) is 7.49. The number of oxime groups is 1. The van der Waals surface area contributed by atoms with Gasteiger partial charge in [0.05, 0.1) is 0 Å². The fourth-order valence-corrected chi connectivity index (χ4v) is 1.71. The van der Waals surface area contributed by atoms with Crippen LogP contribution in [0.1, 0.15) is 47.0 Å². The Labute approximate surface area is 99.5 Å². The van der Waals surface area contributed by atoms with Crippen molar-refractivity contribution in [2.75, 3.05) is 19.6 Å². The third-order valence-electron chi connectivity index (χ3n) is 3.22. The van der Waals surface area contributed by atoms with Crippen LogP contribution in [0.4, 0.5) is 0 Å². The molecule has 3 N–H and O–H groups in total. The van der Waals surface area contributed by atoms with Crippen molar-refractivity contribution in [3.8, 4) is 0 Å². The SMILES string of the molecule is CCN(CC)CCCCC(C)(C)C(N)=NO. The molecule has 0 fully saturated rings. The first-order valence-corrected chi connectivity index (χ1v) is 6.18. The quantitative estimate of drug-likeness (QED) is 0.221. The van der Waals surface area contributed by atoms with E-state index >= 15 is 0 Å². The first-order valence-electron chi connectivity index (χ1n) is 6.18. The first-order chi connectivity index (χ1) is 7.47. The van der Waals surface area contributed by atoms with E-state index in [1.807, 2.05) is 13.8 Å². The Kier molecular flexibility index (Phi) is 7.13. The van der Waals surface area contributed by atoms with E-state index in [0.29, 0.717) is 5.84 Å². The van der Waals surface area contributed by atoms with E-state index in [1.165, 1.54) is 6.42 Å². The molecule has 96 valence electrons. The van der Waals surface area contributed by atoms with Crippen molar-refractivity contribution in [3.63, 3.8) is 0 Å². The monoisotopic (exact) mass is 229 g/mol. The maximum Gasteiger partial charge on any atom is 0.144 e. The zero-order valence-electron chi connectivity index (χ0n) is 11.2. The molecule has 0 aromatic rings. The molecule has 0 unspecified atom stereocenters. The largest absolute Gasteiger partial charge is 0.409 e. The van der Waals surface area contributed by atoms with E-state index in [9.17, 15) is 0 Å². The van der Waals surface area contributed by atoms with Gasteiger partial charge in [0.1, 0.15) is 5.84 Å². The lowest BCUT2D eigenvalue weighted by Crippen LogP contribution is -2.32. The summed E-state index contributed by atoms with van der Waals surface area (Å²) in [7, 11) is 0. The minimum Gasteiger partial charge on any atom is -0.409 e. The lowest BCUT2D eigenvalue weighted by atomic mass is 9.86. The van der Waals surface area contributed by atoms with E-state index in [1.54, 1.807) is 0 Å². The van der Waals surface area contributed by atoms with E-state index in [-0.39, 0.29) is 5.41 Å². The van der Waals surface area contributed by atoms with Gasteiger partial charge >= 0.3 is 0 Å². The second-order valence-corrected chi connectivity index (χ2v) is 4.85. The van der Waals surface area contributed by atoms with E-state index < -0.39 is 0 Å². The van der Waals surface area contributed by atoms with Gasteiger partial charge < -0.3 is 15.8 Å². The molecule has 4 heteroatoms. The summed E-state index contributed by atoms with van der Waals surface area (Å²) in [6.07, 6.45) is 3.24. The molecule has 0 bridgehead atoms. The highest BCUT2D eigenvalue weighted by Crippen LogP contribution is 2.23. The summed E-state index contributed by atoms with van der Waals surface area (Å²) in [4.78, 5) is 2.41. The molecule has 0 rings (SSSR count). The highest BCUT2D eigenvalue weighted by molar-refractivity contribution is 5.85. The Morgan fingerprint density at radius 3 is 2.25 bits per heavy atom. The van der Waals surface area contributed by atoms with Crippen LogP contribution in [-0.4, -0.2) is 35.6 Å². The highest BCUT2D eigenvalue weighted by atomic mass is 16.4. The van der Waals surface area contributed by atoms with Gasteiger partial charge in [-0.05, 0) is 32.5 Å². The highest BCUT2D eigenvalue weighted by Gasteiger charge is 2.22. The van der Waals surface area contributed by atoms with Gasteiger partial charge in [-0.3, -0.25) is 0 Å². The summed E-state index contributed by atoms with van der Waals surface area (Å²) in [5.41, 5.74) is 5.44. The molecule has 0 aliphatic carbocycles. The molecule has 0 atom stereocenters. The molecule has 0 heterocycles. The standard InChI is InChI=1S/C12H27N3O/c1-5-15(6-2)10-8-7-9-12(3,4)11(13)14-16/h16H,5-10H2,1-4H3,(H2,13,14). The van der Waals surface area contributed by atoms with Crippen LogP contribution >= 0.6 is 0 Å². The molecule has 16 heavy (non-hydrogen) atoms. The minimum absolute atomic E-state index is 0.196. The van der Waals surface area contributed by atoms with Gasteiger partial charge in [0.15, 0.2) is 0 Å². The number of nitrogens with two attached hydrogens (primary N) is 1. The van der Waals surface area contributed by atoms with Crippen LogP contribution in [0.2, 0.25) is 0 Å². The Balaban J connectivity index is 3.81.